The van der Waals surface area contributed by atoms with Gasteiger partial charge in [0.15, 0.2) is 11.1 Å². The highest BCUT2D eigenvalue weighted by atomic mass is 127. The predicted molar refractivity (Wildman–Crippen MR) is 120 cm³/mol. The van der Waals surface area contributed by atoms with Crippen molar-refractivity contribution in [3.8, 4) is 0 Å². The zero-order chi connectivity index (χ0) is 17.6. The smallest absolute Gasteiger partial charge is 0.194 e. The van der Waals surface area contributed by atoms with Crippen molar-refractivity contribution in [2.75, 3.05) is 57.1 Å². The van der Waals surface area contributed by atoms with Gasteiger partial charge in [0, 0.05) is 58.9 Å². The molecular weight excluding hydrogens is 461 g/mol. The summed E-state index contributed by atoms with van der Waals surface area (Å²) in [4.78, 5) is 20.1. The standard InChI is InChI=1S/C17H25N7S.HI/c1-18-16(20-12-14-13-25-17(21-14)22(2)3)24-10-8-23(9-11-24)15-6-4-5-7-19-15;/h4-7,13H,8-12H2,1-3H3,(H,18,20);1H. The molecule has 0 aromatic carbocycles. The highest BCUT2D eigenvalue weighted by Crippen LogP contribution is 2.18. The normalized spacial score (nSPS) is 14.8. The van der Waals surface area contributed by atoms with Crippen molar-refractivity contribution in [1.29, 1.82) is 0 Å². The van der Waals surface area contributed by atoms with E-state index in [1.165, 1.54) is 0 Å². The molecule has 7 nitrogen and oxygen atoms in total. The maximum Gasteiger partial charge on any atom is 0.194 e. The first-order valence-electron chi connectivity index (χ1n) is 8.40. The maximum absolute atomic E-state index is 4.60. The van der Waals surface area contributed by atoms with E-state index in [-0.39, 0.29) is 24.0 Å². The zero-order valence-electron chi connectivity index (χ0n) is 15.4. The first-order chi connectivity index (χ1) is 12.2. The average molecular weight is 487 g/mol. The van der Waals surface area contributed by atoms with Crippen LogP contribution in [0.1, 0.15) is 5.69 Å². The molecule has 1 fully saturated rings. The average Bonchev–Trinajstić information content (AvgIpc) is 3.13. The second-order valence-electron chi connectivity index (χ2n) is 6.08. The Morgan fingerprint density at radius 2 is 2.04 bits per heavy atom. The quantitative estimate of drug-likeness (QED) is 0.405. The van der Waals surface area contributed by atoms with Gasteiger partial charge in [0.25, 0.3) is 0 Å². The van der Waals surface area contributed by atoms with Crippen LogP contribution < -0.4 is 15.1 Å². The summed E-state index contributed by atoms with van der Waals surface area (Å²) in [6.45, 7) is 4.43. The van der Waals surface area contributed by atoms with Gasteiger partial charge in [-0.1, -0.05) is 6.07 Å². The van der Waals surface area contributed by atoms with Gasteiger partial charge >= 0.3 is 0 Å². The fourth-order valence-electron chi connectivity index (χ4n) is 2.77. The molecule has 1 aliphatic heterocycles. The first-order valence-corrected chi connectivity index (χ1v) is 9.28. The first kappa shape index (κ1) is 20.7. The third kappa shape index (κ3) is 5.19. The molecule has 0 bridgehead atoms. The molecule has 1 aliphatic rings. The highest BCUT2D eigenvalue weighted by molar-refractivity contribution is 14.0. The van der Waals surface area contributed by atoms with Crippen LogP contribution in [0.15, 0.2) is 34.8 Å². The number of aliphatic imine (C=N–C) groups is 1. The molecule has 0 atom stereocenters. The van der Waals surface area contributed by atoms with Crippen molar-refractivity contribution >= 4 is 52.2 Å². The van der Waals surface area contributed by atoms with Gasteiger partial charge in [-0.3, -0.25) is 4.99 Å². The van der Waals surface area contributed by atoms with Gasteiger partial charge < -0.3 is 20.0 Å². The van der Waals surface area contributed by atoms with Gasteiger partial charge in [-0.15, -0.1) is 35.3 Å². The predicted octanol–water partition coefficient (Wildman–Crippen LogP) is 2.12. The number of halogens is 1. The van der Waals surface area contributed by atoms with Crippen molar-refractivity contribution in [2.24, 2.45) is 4.99 Å². The molecule has 3 rings (SSSR count). The molecule has 2 aromatic rings. The highest BCUT2D eigenvalue weighted by Gasteiger charge is 2.20. The second kappa shape index (κ2) is 9.91. The van der Waals surface area contributed by atoms with Gasteiger partial charge in [-0.05, 0) is 12.1 Å². The zero-order valence-corrected chi connectivity index (χ0v) is 18.6. The molecular formula is C17H26IN7S. The molecule has 1 N–H and O–H groups in total. The Kier molecular flexibility index (Phi) is 7.88. The number of nitrogens with one attached hydrogen (secondary N) is 1. The van der Waals surface area contributed by atoms with Crippen molar-refractivity contribution in [2.45, 2.75) is 6.54 Å². The van der Waals surface area contributed by atoms with Crippen LogP contribution in [0.3, 0.4) is 0 Å². The number of thiazole rings is 1. The lowest BCUT2D eigenvalue weighted by Gasteiger charge is -2.37. The van der Waals surface area contributed by atoms with Crippen LogP contribution in [0.2, 0.25) is 0 Å². The molecule has 0 saturated carbocycles. The fraction of sp³-hybridized carbons (Fsp3) is 0.471. The summed E-state index contributed by atoms with van der Waals surface area (Å²) in [5.74, 6) is 1.98. The van der Waals surface area contributed by atoms with Crippen LogP contribution in [0.25, 0.3) is 0 Å². The lowest BCUT2D eigenvalue weighted by Crippen LogP contribution is -2.52. The van der Waals surface area contributed by atoms with Gasteiger partial charge in [0.2, 0.25) is 0 Å². The molecule has 9 heteroatoms. The topological polar surface area (TPSA) is 59.9 Å². The molecule has 0 amide bonds. The van der Waals surface area contributed by atoms with E-state index in [4.69, 9.17) is 0 Å². The summed E-state index contributed by atoms with van der Waals surface area (Å²) in [5, 5.41) is 6.55. The van der Waals surface area contributed by atoms with Gasteiger partial charge in [0.05, 0.1) is 12.2 Å². The van der Waals surface area contributed by atoms with Gasteiger partial charge in [0.1, 0.15) is 5.82 Å². The van der Waals surface area contributed by atoms with E-state index in [0.29, 0.717) is 6.54 Å². The Morgan fingerprint density at radius 1 is 1.27 bits per heavy atom. The van der Waals surface area contributed by atoms with Crippen molar-refractivity contribution < 1.29 is 0 Å². The molecule has 3 heterocycles. The largest absolute Gasteiger partial charge is 0.354 e. The molecule has 1 saturated heterocycles. The molecule has 0 spiro atoms. The molecule has 0 radical (unpaired) electrons. The molecule has 26 heavy (non-hydrogen) atoms. The molecule has 142 valence electrons. The van der Waals surface area contributed by atoms with Crippen LogP contribution in [-0.4, -0.2) is 68.1 Å². The number of nitrogens with zero attached hydrogens (tertiary/aromatic N) is 6. The van der Waals surface area contributed by atoms with E-state index in [1.807, 2.05) is 44.4 Å². The van der Waals surface area contributed by atoms with E-state index in [0.717, 1.165) is 48.8 Å². The van der Waals surface area contributed by atoms with Crippen LogP contribution in [0, 0.1) is 0 Å². The number of anilines is 2. The van der Waals surface area contributed by atoms with Gasteiger partial charge in [-0.25, -0.2) is 9.97 Å². The van der Waals surface area contributed by atoms with Crippen molar-refractivity contribution in [1.82, 2.24) is 20.2 Å². The minimum absolute atomic E-state index is 0. The number of hydrogen-bond acceptors (Lipinski definition) is 6. The van der Waals surface area contributed by atoms with Crippen LogP contribution in [0.4, 0.5) is 10.9 Å². The van der Waals surface area contributed by atoms with E-state index in [1.54, 1.807) is 11.3 Å². The summed E-state index contributed by atoms with van der Waals surface area (Å²) in [7, 11) is 5.85. The summed E-state index contributed by atoms with van der Waals surface area (Å²) >= 11 is 1.66. The minimum Gasteiger partial charge on any atom is -0.354 e. The second-order valence-corrected chi connectivity index (χ2v) is 6.92. The number of guanidine groups is 1. The summed E-state index contributed by atoms with van der Waals surface area (Å²) in [6, 6.07) is 6.05. The number of rotatable bonds is 4. The summed E-state index contributed by atoms with van der Waals surface area (Å²) < 4.78 is 0. The van der Waals surface area contributed by atoms with Crippen molar-refractivity contribution in [3.05, 3.63) is 35.5 Å². The fourth-order valence-corrected chi connectivity index (χ4v) is 3.53. The molecule has 0 unspecified atom stereocenters. The Hall–Kier alpha value is -1.62. The number of aromatic nitrogens is 2. The van der Waals surface area contributed by atoms with E-state index in [2.05, 4.69) is 41.5 Å². The number of hydrogen-bond donors (Lipinski definition) is 1. The van der Waals surface area contributed by atoms with E-state index < -0.39 is 0 Å². The van der Waals surface area contributed by atoms with Crippen LogP contribution in [0.5, 0.6) is 0 Å². The van der Waals surface area contributed by atoms with Crippen LogP contribution in [-0.2, 0) is 6.54 Å². The number of piperazine rings is 1. The Labute approximate surface area is 176 Å². The van der Waals surface area contributed by atoms with E-state index >= 15 is 0 Å². The lowest BCUT2D eigenvalue weighted by atomic mass is 10.3. The number of pyridine rings is 1. The maximum atomic E-state index is 4.60. The summed E-state index contributed by atoms with van der Waals surface area (Å²) in [6.07, 6.45) is 1.85. The SMILES string of the molecule is CN=C(NCc1csc(N(C)C)n1)N1CCN(c2ccccn2)CC1.I. The monoisotopic (exact) mass is 487 g/mol. The van der Waals surface area contributed by atoms with Gasteiger partial charge in [-0.2, -0.15) is 0 Å². The van der Waals surface area contributed by atoms with Crippen LogP contribution >= 0.6 is 35.3 Å². The Bertz CT molecular complexity index is 696. The third-order valence-corrected chi connectivity index (χ3v) is 5.17. The Morgan fingerprint density at radius 3 is 2.62 bits per heavy atom. The van der Waals surface area contributed by atoms with Crippen molar-refractivity contribution in [3.63, 3.8) is 0 Å². The third-order valence-electron chi connectivity index (χ3n) is 4.11. The molecule has 0 aliphatic carbocycles. The van der Waals surface area contributed by atoms with E-state index in [9.17, 15) is 0 Å². The Balaban J connectivity index is 0.00000243. The minimum atomic E-state index is 0. The lowest BCUT2D eigenvalue weighted by molar-refractivity contribution is 0.371. The molecule has 2 aromatic heterocycles. The summed E-state index contributed by atoms with van der Waals surface area (Å²) in [5.41, 5.74) is 1.04.